The highest BCUT2D eigenvalue weighted by atomic mass is 16.6. The molecule has 2 aromatic carbocycles. The van der Waals surface area contributed by atoms with Crippen LogP contribution < -0.4 is 5.32 Å². The summed E-state index contributed by atoms with van der Waals surface area (Å²) in [4.78, 5) is 23.6. The number of esters is 1. The highest BCUT2D eigenvalue weighted by molar-refractivity contribution is 5.79. The number of nitrogens with one attached hydrogen (secondary N) is 1. The molecule has 0 aliphatic heterocycles. The van der Waals surface area contributed by atoms with E-state index in [1.54, 1.807) is 20.8 Å². The lowest BCUT2D eigenvalue weighted by molar-refractivity contribution is -0.160. The topological polar surface area (TPSA) is 83.1 Å². The molecular weight excluding hydrogens is 410 g/mol. The summed E-state index contributed by atoms with van der Waals surface area (Å²) in [5, 5.41) is 2.69. The first-order chi connectivity index (χ1) is 15.3. The van der Waals surface area contributed by atoms with E-state index >= 15 is 0 Å². The molecule has 7 nitrogen and oxygen atoms in total. The molecule has 1 aliphatic carbocycles. The Morgan fingerprint density at radius 2 is 1.47 bits per heavy atom. The minimum Gasteiger partial charge on any atom is -0.458 e. The average molecular weight is 442 g/mol. The van der Waals surface area contributed by atoms with Crippen LogP contribution in [0.5, 0.6) is 0 Å². The fourth-order valence-electron chi connectivity index (χ4n) is 3.62. The number of benzene rings is 2. The van der Waals surface area contributed by atoms with Gasteiger partial charge in [0.15, 0.2) is 0 Å². The number of carbonyl (C=O) groups excluding carboxylic acids is 2. The van der Waals surface area contributed by atoms with Gasteiger partial charge in [-0.15, -0.1) is 0 Å². The molecule has 172 valence electrons. The van der Waals surface area contributed by atoms with Gasteiger partial charge in [0, 0.05) is 12.5 Å². The molecule has 0 atom stereocenters. The second kappa shape index (κ2) is 11.1. The van der Waals surface area contributed by atoms with E-state index in [0.29, 0.717) is 19.8 Å². The van der Waals surface area contributed by atoms with Gasteiger partial charge >= 0.3 is 12.1 Å². The monoisotopic (exact) mass is 441 g/mol. The maximum Gasteiger partial charge on any atom is 0.407 e. The fourth-order valence-corrected chi connectivity index (χ4v) is 3.62. The summed E-state index contributed by atoms with van der Waals surface area (Å²) in [7, 11) is 0. The predicted octanol–water partition coefficient (Wildman–Crippen LogP) is 3.90. The molecule has 0 saturated heterocycles. The number of ether oxygens (including phenoxy) is 4. The summed E-state index contributed by atoms with van der Waals surface area (Å²) >= 11 is 0. The number of carbonyl (C=O) groups is 2. The van der Waals surface area contributed by atoms with Crippen molar-refractivity contribution >= 4 is 12.1 Å². The maximum atomic E-state index is 12.1. The number of hydrogen-bond acceptors (Lipinski definition) is 6. The van der Waals surface area contributed by atoms with E-state index in [1.807, 2.05) is 24.3 Å². The molecule has 0 bridgehead atoms. The molecule has 0 radical (unpaired) electrons. The Morgan fingerprint density at radius 3 is 2.09 bits per heavy atom. The average Bonchev–Trinajstić information content (AvgIpc) is 3.07. The van der Waals surface area contributed by atoms with Crippen LogP contribution in [0.2, 0.25) is 0 Å². The van der Waals surface area contributed by atoms with Gasteiger partial charge in [-0.1, -0.05) is 48.5 Å². The molecule has 3 rings (SSSR count). The lowest BCUT2D eigenvalue weighted by atomic mass is 9.98. The Hall–Kier alpha value is -2.90. The Morgan fingerprint density at radius 1 is 0.875 bits per heavy atom. The zero-order chi connectivity index (χ0) is 23.0. The maximum absolute atomic E-state index is 12.1. The van der Waals surface area contributed by atoms with E-state index in [4.69, 9.17) is 18.9 Å². The number of alkyl carbamates (subject to hydrolysis) is 1. The van der Waals surface area contributed by atoms with Crippen molar-refractivity contribution in [3.05, 3.63) is 59.7 Å². The minimum atomic E-state index is -0.526. The molecule has 0 aromatic heterocycles. The first kappa shape index (κ1) is 23.8. The molecule has 0 heterocycles. The van der Waals surface area contributed by atoms with Gasteiger partial charge in [-0.3, -0.25) is 0 Å². The first-order valence-electron chi connectivity index (χ1n) is 10.8. The van der Waals surface area contributed by atoms with Gasteiger partial charge in [0.2, 0.25) is 0 Å². The highest BCUT2D eigenvalue weighted by Crippen LogP contribution is 2.44. The summed E-state index contributed by atoms with van der Waals surface area (Å²) in [6.45, 7) is 6.80. The van der Waals surface area contributed by atoms with Gasteiger partial charge < -0.3 is 24.3 Å². The van der Waals surface area contributed by atoms with Crippen molar-refractivity contribution in [1.29, 1.82) is 0 Å². The summed E-state index contributed by atoms with van der Waals surface area (Å²) in [5.74, 6) is -0.374. The van der Waals surface area contributed by atoms with E-state index in [9.17, 15) is 9.59 Å². The van der Waals surface area contributed by atoms with Crippen molar-refractivity contribution in [2.75, 3.05) is 39.6 Å². The largest absolute Gasteiger partial charge is 0.458 e. The second-order valence-corrected chi connectivity index (χ2v) is 8.50. The molecule has 0 fully saturated rings. The number of fused-ring (bicyclic) bond motifs is 3. The number of amides is 1. The van der Waals surface area contributed by atoms with Gasteiger partial charge in [0.25, 0.3) is 0 Å². The Kier molecular flexibility index (Phi) is 8.25. The van der Waals surface area contributed by atoms with Gasteiger partial charge in [-0.2, -0.15) is 0 Å². The third-order valence-corrected chi connectivity index (χ3v) is 4.87. The Balaban J connectivity index is 1.29. The van der Waals surface area contributed by atoms with Crippen LogP contribution >= 0.6 is 0 Å². The van der Waals surface area contributed by atoms with Crippen molar-refractivity contribution in [2.24, 2.45) is 0 Å². The van der Waals surface area contributed by atoms with E-state index in [-0.39, 0.29) is 25.7 Å². The van der Waals surface area contributed by atoms with Gasteiger partial charge in [-0.05, 0) is 43.0 Å². The van der Waals surface area contributed by atoms with Crippen molar-refractivity contribution in [2.45, 2.75) is 32.3 Å². The molecule has 0 spiro atoms. The minimum absolute atomic E-state index is 0.0338. The van der Waals surface area contributed by atoms with Crippen molar-refractivity contribution in [1.82, 2.24) is 5.32 Å². The second-order valence-electron chi connectivity index (χ2n) is 8.50. The van der Waals surface area contributed by atoms with E-state index in [1.165, 1.54) is 22.3 Å². The van der Waals surface area contributed by atoms with Crippen molar-refractivity contribution in [3.8, 4) is 11.1 Å². The van der Waals surface area contributed by atoms with Crippen molar-refractivity contribution in [3.63, 3.8) is 0 Å². The molecular formula is C25H31NO6. The van der Waals surface area contributed by atoms with Crippen LogP contribution in [0.25, 0.3) is 11.1 Å². The summed E-state index contributed by atoms with van der Waals surface area (Å²) in [6.07, 6.45) is -0.475. The quantitative estimate of drug-likeness (QED) is 0.445. The van der Waals surface area contributed by atoms with Crippen LogP contribution in [0.1, 0.15) is 37.8 Å². The summed E-state index contributed by atoms with van der Waals surface area (Å²) < 4.78 is 21.2. The fraction of sp³-hybridized carbons (Fsp3) is 0.440. The number of rotatable bonds is 10. The Bertz CT molecular complexity index is 875. The van der Waals surface area contributed by atoms with Crippen LogP contribution in [0.4, 0.5) is 4.79 Å². The van der Waals surface area contributed by atoms with Gasteiger partial charge in [0.1, 0.15) is 18.8 Å². The van der Waals surface area contributed by atoms with E-state index in [0.717, 1.165) is 0 Å². The predicted molar refractivity (Wildman–Crippen MR) is 121 cm³/mol. The van der Waals surface area contributed by atoms with Gasteiger partial charge in [-0.25, -0.2) is 9.59 Å². The van der Waals surface area contributed by atoms with Crippen molar-refractivity contribution < 1.29 is 28.5 Å². The molecule has 32 heavy (non-hydrogen) atoms. The third kappa shape index (κ3) is 6.80. The zero-order valence-electron chi connectivity index (χ0n) is 18.9. The number of hydrogen-bond donors (Lipinski definition) is 1. The molecule has 2 aromatic rings. The highest BCUT2D eigenvalue weighted by Gasteiger charge is 2.28. The van der Waals surface area contributed by atoms with Crippen LogP contribution in [0.3, 0.4) is 0 Å². The standard InChI is InChI=1S/C25H31NO6/c1-25(2,3)32-23(27)17-30-15-14-29-13-12-26-24(28)31-16-22-20-10-6-4-8-18(20)19-9-5-7-11-21(19)22/h4-11,22H,12-17H2,1-3H3,(H,26,28). The molecule has 0 saturated carbocycles. The van der Waals surface area contributed by atoms with Crippen LogP contribution in [0.15, 0.2) is 48.5 Å². The SMILES string of the molecule is CC(C)(C)OC(=O)COCCOCCNC(=O)OCC1c2ccccc2-c2ccccc21. The summed E-state index contributed by atoms with van der Waals surface area (Å²) in [6, 6.07) is 16.4. The van der Waals surface area contributed by atoms with E-state index < -0.39 is 17.7 Å². The van der Waals surface area contributed by atoms with Crippen LogP contribution in [0, 0.1) is 0 Å². The Labute approximate surface area is 189 Å². The first-order valence-corrected chi connectivity index (χ1v) is 10.8. The third-order valence-electron chi connectivity index (χ3n) is 4.87. The molecule has 1 N–H and O–H groups in total. The molecule has 1 aliphatic rings. The smallest absolute Gasteiger partial charge is 0.407 e. The lowest BCUT2D eigenvalue weighted by Gasteiger charge is -2.19. The summed E-state index contributed by atoms with van der Waals surface area (Å²) in [5.41, 5.74) is 4.22. The normalized spacial score (nSPS) is 12.7. The zero-order valence-corrected chi connectivity index (χ0v) is 18.9. The van der Waals surface area contributed by atoms with Crippen LogP contribution in [-0.2, 0) is 23.7 Å². The molecule has 1 amide bonds. The molecule has 0 unspecified atom stereocenters. The lowest BCUT2D eigenvalue weighted by Crippen LogP contribution is -2.29. The van der Waals surface area contributed by atoms with Gasteiger partial charge in [0.05, 0.1) is 19.8 Å². The van der Waals surface area contributed by atoms with Crippen LogP contribution in [-0.4, -0.2) is 57.2 Å². The molecule has 7 heteroatoms. The van der Waals surface area contributed by atoms with E-state index in [2.05, 4.69) is 29.6 Å².